The predicted molar refractivity (Wildman–Crippen MR) is 61.9 cm³/mol. The van der Waals surface area contributed by atoms with Crippen LogP contribution in [0.25, 0.3) is 0 Å². The van der Waals surface area contributed by atoms with Crippen LogP contribution in [0.4, 0.5) is 0 Å². The third kappa shape index (κ3) is 4.09. The second kappa shape index (κ2) is 5.83. The number of aliphatic hydroxyl groups excluding tert-OH is 1. The molecule has 2 N–H and O–H groups in total. The molecule has 0 radical (unpaired) electrons. The van der Waals surface area contributed by atoms with Gasteiger partial charge in [0.15, 0.2) is 0 Å². The highest BCUT2D eigenvalue weighted by molar-refractivity contribution is 4.81. The Morgan fingerprint density at radius 3 is 2.87 bits per heavy atom. The monoisotopic (exact) mass is 212 g/mol. The molecule has 2 fully saturated rings. The number of nitrogens with one attached hydrogen (secondary N) is 1. The molecule has 1 atom stereocenters. The molecule has 0 bridgehead atoms. The molecule has 1 unspecified atom stereocenters. The molecule has 0 aromatic carbocycles. The summed E-state index contributed by atoms with van der Waals surface area (Å²) in [7, 11) is 0. The van der Waals surface area contributed by atoms with Gasteiger partial charge in [0, 0.05) is 19.1 Å². The van der Waals surface area contributed by atoms with Gasteiger partial charge in [-0.3, -0.25) is 0 Å². The zero-order valence-corrected chi connectivity index (χ0v) is 9.62. The van der Waals surface area contributed by atoms with Gasteiger partial charge < -0.3 is 15.3 Å². The number of piperidine rings is 1. The van der Waals surface area contributed by atoms with Crippen molar-refractivity contribution in [3.8, 4) is 0 Å². The molecule has 0 spiro atoms. The summed E-state index contributed by atoms with van der Waals surface area (Å²) in [4.78, 5) is 2.41. The number of rotatable bonds is 6. The number of hydrogen-bond acceptors (Lipinski definition) is 3. The van der Waals surface area contributed by atoms with E-state index in [1.165, 1.54) is 51.7 Å². The fraction of sp³-hybridized carbons (Fsp3) is 1.00. The molecule has 1 saturated heterocycles. The van der Waals surface area contributed by atoms with E-state index in [4.69, 9.17) is 5.11 Å². The maximum absolute atomic E-state index is 8.91. The smallest absolute Gasteiger partial charge is 0.0558 e. The fourth-order valence-corrected chi connectivity index (χ4v) is 2.51. The normalized spacial score (nSPS) is 28.2. The summed E-state index contributed by atoms with van der Waals surface area (Å²) in [5.41, 5.74) is 0. The summed E-state index contributed by atoms with van der Waals surface area (Å²) in [6, 6.07) is 0.849. The Bertz CT molecular complexity index is 180. The van der Waals surface area contributed by atoms with E-state index in [9.17, 15) is 0 Å². The summed E-state index contributed by atoms with van der Waals surface area (Å²) in [6.45, 7) is 4.77. The lowest BCUT2D eigenvalue weighted by molar-refractivity contribution is 0.136. The van der Waals surface area contributed by atoms with Gasteiger partial charge in [-0.1, -0.05) is 0 Å². The lowest BCUT2D eigenvalue weighted by atomic mass is 9.95. The van der Waals surface area contributed by atoms with Crippen LogP contribution in [0.1, 0.15) is 32.1 Å². The first-order valence-electron chi connectivity index (χ1n) is 6.45. The zero-order chi connectivity index (χ0) is 10.5. The largest absolute Gasteiger partial charge is 0.395 e. The first-order chi connectivity index (χ1) is 7.38. The van der Waals surface area contributed by atoms with Crippen molar-refractivity contribution in [3.63, 3.8) is 0 Å². The Kier molecular flexibility index (Phi) is 4.42. The Hall–Kier alpha value is -0.120. The summed E-state index contributed by atoms with van der Waals surface area (Å²) < 4.78 is 0. The molecule has 2 aliphatic rings. The van der Waals surface area contributed by atoms with Crippen LogP contribution in [0.2, 0.25) is 0 Å². The van der Waals surface area contributed by atoms with E-state index < -0.39 is 0 Å². The van der Waals surface area contributed by atoms with E-state index >= 15 is 0 Å². The number of hydrogen-bond donors (Lipinski definition) is 2. The molecular formula is C12H24N2O. The van der Waals surface area contributed by atoms with Crippen molar-refractivity contribution in [2.24, 2.45) is 5.92 Å². The summed E-state index contributed by atoms with van der Waals surface area (Å²) in [5.74, 6) is 0.858. The average Bonchev–Trinajstić information content (AvgIpc) is 3.03. The number of β-amino-alcohol motifs (C(OH)–C–C–N with tert-alkyl or cyclic N) is 1. The van der Waals surface area contributed by atoms with Crippen LogP contribution in [0.15, 0.2) is 0 Å². The molecule has 0 aromatic heterocycles. The molecule has 2 rings (SSSR count). The molecule has 1 aliphatic carbocycles. The Balaban J connectivity index is 1.58. The molecule has 1 aliphatic heterocycles. The van der Waals surface area contributed by atoms with Gasteiger partial charge in [0.05, 0.1) is 6.61 Å². The van der Waals surface area contributed by atoms with Gasteiger partial charge in [-0.15, -0.1) is 0 Å². The standard InChI is InChI=1S/C12H24N2O/c15-9-8-14-7-1-2-11(10-14)5-6-13-12-3-4-12/h11-13,15H,1-10H2. The Morgan fingerprint density at radius 2 is 2.13 bits per heavy atom. The molecule has 3 heteroatoms. The second-order valence-corrected chi connectivity index (χ2v) is 5.05. The SMILES string of the molecule is OCCN1CCCC(CCNC2CC2)C1. The van der Waals surface area contributed by atoms with E-state index in [0.717, 1.165) is 18.5 Å². The van der Waals surface area contributed by atoms with Gasteiger partial charge >= 0.3 is 0 Å². The highest BCUT2D eigenvalue weighted by atomic mass is 16.3. The van der Waals surface area contributed by atoms with Gasteiger partial charge in [-0.25, -0.2) is 0 Å². The molecule has 0 aromatic rings. The van der Waals surface area contributed by atoms with Crippen LogP contribution in [0.5, 0.6) is 0 Å². The van der Waals surface area contributed by atoms with Crippen LogP contribution in [-0.2, 0) is 0 Å². The maximum Gasteiger partial charge on any atom is 0.0558 e. The highest BCUT2D eigenvalue weighted by Crippen LogP contribution is 2.21. The summed E-state index contributed by atoms with van der Waals surface area (Å²) in [6.07, 6.45) is 6.80. The van der Waals surface area contributed by atoms with Crippen molar-refractivity contribution in [2.75, 3.05) is 32.8 Å². The average molecular weight is 212 g/mol. The van der Waals surface area contributed by atoms with E-state index in [0.29, 0.717) is 6.61 Å². The van der Waals surface area contributed by atoms with Crippen molar-refractivity contribution in [1.82, 2.24) is 10.2 Å². The predicted octanol–water partition coefficient (Wildman–Crippen LogP) is 0.833. The summed E-state index contributed by atoms with van der Waals surface area (Å²) >= 11 is 0. The van der Waals surface area contributed by atoms with Crippen LogP contribution in [-0.4, -0.2) is 48.8 Å². The van der Waals surface area contributed by atoms with Crippen molar-refractivity contribution in [2.45, 2.75) is 38.1 Å². The van der Waals surface area contributed by atoms with Crippen LogP contribution >= 0.6 is 0 Å². The van der Waals surface area contributed by atoms with E-state index in [-0.39, 0.29) is 0 Å². The summed E-state index contributed by atoms with van der Waals surface area (Å²) in [5, 5.41) is 12.5. The molecule has 1 heterocycles. The maximum atomic E-state index is 8.91. The molecule has 0 amide bonds. The van der Waals surface area contributed by atoms with Gasteiger partial charge in [0.1, 0.15) is 0 Å². The minimum atomic E-state index is 0.313. The van der Waals surface area contributed by atoms with E-state index in [2.05, 4.69) is 10.2 Å². The Labute approximate surface area is 92.8 Å². The molecule has 1 saturated carbocycles. The second-order valence-electron chi connectivity index (χ2n) is 5.05. The van der Waals surface area contributed by atoms with Crippen molar-refractivity contribution >= 4 is 0 Å². The minimum absolute atomic E-state index is 0.313. The lowest BCUT2D eigenvalue weighted by Crippen LogP contribution is -2.38. The van der Waals surface area contributed by atoms with Crippen LogP contribution in [0, 0.1) is 5.92 Å². The van der Waals surface area contributed by atoms with Crippen molar-refractivity contribution < 1.29 is 5.11 Å². The quantitative estimate of drug-likeness (QED) is 0.684. The molecule has 3 nitrogen and oxygen atoms in total. The minimum Gasteiger partial charge on any atom is -0.395 e. The topological polar surface area (TPSA) is 35.5 Å². The first-order valence-corrected chi connectivity index (χ1v) is 6.45. The van der Waals surface area contributed by atoms with Crippen molar-refractivity contribution in [1.29, 1.82) is 0 Å². The Morgan fingerprint density at radius 1 is 1.27 bits per heavy atom. The highest BCUT2D eigenvalue weighted by Gasteiger charge is 2.22. The molecule has 15 heavy (non-hydrogen) atoms. The number of aliphatic hydroxyl groups is 1. The van der Waals surface area contributed by atoms with Gasteiger partial charge in [-0.2, -0.15) is 0 Å². The fourth-order valence-electron chi connectivity index (χ4n) is 2.51. The van der Waals surface area contributed by atoms with Crippen molar-refractivity contribution in [3.05, 3.63) is 0 Å². The number of likely N-dealkylation sites (tertiary alicyclic amines) is 1. The third-order valence-electron chi connectivity index (χ3n) is 3.58. The van der Waals surface area contributed by atoms with Gasteiger partial charge in [-0.05, 0) is 51.1 Å². The van der Waals surface area contributed by atoms with E-state index in [1.54, 1.807) is 0 Å². The van der Waals surface area contributed by atoms with E-state index in [1.807, 2.05) is 0 Å². The number of nitrogens with zero attached hydrogens (tertiary/aromatic N) is 1. The zero-order valence-electron chi connectivity index (χ0n) is 9.62. The van der Waals surface area contributed by atoms with Crippen LogP contribution in [0.3, 0.4) is 0 Å². The molecular weight excluding hydrogens is 188 g/mol. The third-order valence-corrected chi connectivity index (χ3v) is 3.58. The lowest BCUT2D eigenvalue weighted by Gasteiger charge is -2.32. The van der Waals surface area contributed by atoms with Gasteiger partial charge in [0.2, 0.25) is 0 Å². The molecule has 88 valence electrons. The first kappa shape index (κ1) is 11.4. The van der Waals surface area contributed by atoms with Gasteiger partial charge in [0.25, 0.3) is 0 Å². The van der Waals surface area contributed by atoms with Crippen LogP contribution < -0.4 is 5.32 Å².